The van der Waals surface area contributed by atoms with Gasteiger partial charge < -0.3 is 9.84 Å². The van der Waals surface area contributed by atoms with Gasteiger partial charge in [-0.3, -0.25) is 4.55 Å². The van der Waals surface area contributed by atoms with Gasteiger partial charge in [0.25, 0.3) is 10.1 Å². The van der Waals surface area contributed by atoms with E-state index in [4.69, 9.17) is 9.84 Å². The Morgan fingerprint density at radius 3 is 2.30 bits per heavy atom. The molecule has 0 fully saturated rings. The fraction of sp³-hybridized carbons (Fsp3) is 0.429. The number of hydrogen-bond acceptors (Lipinski definition) is 5. The molecule has 2 N–H and O–H groups in total. The Hall–Kier alpha value is 0.122. The van der Waals surface area contributed by atoms with Crippen LogP contribution < -0.4 is 0 Å². The van der Waals surface area contributed by atoms with E-state index in [2.05, 4.69) is 0 Å². The molecule has 1 aromatic carbocycles. The van der Waals surface area contributed by atoms with Crippen molar-refractivity contribution in [2.24, 2.45) is 0 Å². The normalized spacial score (nSPS) is 12.1. The number of carboxylic acids is 1. The quantitative estimate of drug-likeness (QED) is 0.466. The topological polar surface area (TPSA) is 118 Å². The molecule has 0 heterocycles. The van der Waals surface area contributed by atoms with Gasteiger partial charge in [0.05, 0.1) is 11.1 Å². The SMILES string of the molecule is CCCC(CC)OC(=O)c1ccc(C(=O)O)cc1S(=O)(=O)O.[CsH]. The van der Waals surface area contributed by atoms with E-state index < -0.39 is 27.0 Å². The van der Waals surface area contributed by atoms with E-state index in [1.807, 2.05) is 13.8 Å². The summed E-state index contributed by atoms with van der Waals surface area (Å²) in [5, 5.41) is 8.87. The average molecular weight is 464 g/mol. The molecule has 23 heavy (non-hydrogen) atoms. The molecule has 0 amide bonds. The van der Waals surface area contributed by atoms with E-state index in [0.717, 1.165) is 24.6 Å². The van der Waals surface area contributed by atoms with Crippen molar-refractivity contribution >= 4 is 91.0 Å². The van der Waals surface area contributed by atoms with Crippen LogP contribution in [0.15, 0.2) is 23.1 Å². The zero-order valence-corrected chi connectivity index (χ0v) is 13.1. The van der Waals surface area contributed by atoms with Crippen molar-refractivity contribution in [1.82, 2.24) is 0 Å². The molecule has 9 heteroatoms. The number of benzene rings is 1. The third-order valence-corrected chi connectivity index (χ3v) is 3.96. The molecular weight excluding hydrogens is 445 g/mol. The second-order valence-electron chi connectivity index (χ2n) is 4.72. The first-order chi connectivity index (χ1) is 10.2. The van der Waals surface area contributed by atoms with Crippen LogP contribution in [-0.2, 0) is 14.9 Å². The first-order valence-corrected chi connectivity index (χ1v) is 8.20. The number of hydrogen-bond donors (Lipinski definition) is 2. The van der Waals surface area contributed by atoms with Crippen molar-refractivity contribution in [3.63, 3.8) is 0 Å². The van der Waals surface area contributed by atoms with Crippen LogP contribution in [0, 0.1) is 0 Å². The van der Waals surface area contributed by atoms with Crippen molar-refractivity contribution in [2.75, 3.05) is 0 Å². The Labute approximate surface area is 194 Å². The standard InChI is InChI=1S/C14H18O7S.Cs.H/c1-3-5-10(4-2)21-14(17)11-7-6-9(13(15)16)8-12(11)22(18,19)20;;/h6-8,10H,3-5H2,1-2H3,(H,15,16)(H,18,19,20);;. The third-order valence-electron chi connectivity index (χ3n) is 3.07. The first kappa shape index (κ1) is 23.1. The van der Waals surface area contributed by atoms with Crippen molar-refractivity contribution in [2.45, 2.75) is 44.1 Å². The van der Waals surface area contributed by atoms with Crippen LogP contribution in [0.5, 0.6) is 0 Å². The molecule has 1 atom stereocenters. The molecule has 0 aliphatic heterocycles. The summed E-state index contributed by atoms with van der Waals surface area (Å²) in [6.07, 6.45) is 1.60. The molecule has 7 nitrogen and oxygen atoms in total. The van der Waals surface area contributed by atoms with Gasteiger partial charge >= 0.3 is 80.8 Å². The predicted molar refractivity (Wildman–Crippen MR) is 84.8 cm³/mol. The van der Waals surface area contributed by atoms with E-state index in [-0.39, 0.29) is 86.1 Å². The average Bonchev–Trinajstić information content (AvgIpc) is 2.44. The number of ether oxygens (including phenoxy) is 1. The summed E-state index contributed by atoms with van der Waals surface area (Å²) in [4.78, 5) is 22.2. The van der Waals surface area contributed by atoms with Crippen molar-refractivity contribution < 1.29 is 32.4 Å². The summed E-state index contributed by atoms with van der Waals surface area (Å²) >= 11 is 0. The van der Waals surface area contributed by atoms with Gasteiger partial charge in [-0.05, 0) is 31.0 Å². The number of carbonyl (C=O) groups is 2. The monoisotopic (exact) mass is 464 g/mol. The summed E-state index contributed by atoms with van der Waals surface area (Å²) < 4.78 is 37.1. The Bertz CT molecular complexity index is 670. The van der Waals surface area contributed by atoms with E-state index in [0.29, 0.717) is 12.8 Å². The van der Waals surface area contributed by atoms with Gasteiger partial charge in [-0.15, -0.1) is 0 Å². The van der Waals surface area contributed by atoms with Gasteiger partial charge in [0.2, 0.25) is 0 Å². The molecule has 0 radical (unpaired) electrons. The summed E-state index contributed by atoms with van der Waals surface area (Å²) in [5.74, 6) is -2.29. The number of rotatable bonds is 7. The van der Waals surface area contributed by atoms with Gasteiger partial charge in [0.1, 0.15) is 11.0 Å². The van der Waals surface area contributed by atoms with E-state index in [1.54, 1.807) is 0 Å². The zero-order chi connectivity index (χ0) is 16.9. The van der Waals surface area contributed by atoms with E-state index in [9.17, 15) is 22.6 Å². The van der Waals surface area contributed by atoms with Crippen LogP contribution in [-0.4, -0.2) is 105 Å². The zero-order valence-electron chi connectivity index (χ0n) is 12.3. The number of carbonyl (C=O) groups excluding carboxylic acids is 1. The second-order valence-corrected chi connectivity index (χ2v) is 6.11. The van der Waals surface area contributed by atoms with Crippen LogP contribution in [0.2, 0.25) is 0 Å². The Kier molecular flexibility index (Phi) is 10.2. The fourth-order valence-corrected chi connectivity index (χ4v) is 2.63. The maximum atomic E-state index is 12.1. The van der Waals surface area contributed by atoms with Gasteiger partial charge in [-0.25, -0.2) is 9.59 Å². The van der Waals surface area contributed by atoms with Crippen LogP contribution >= 0.6 is 0 Å². The van der Waals surface area contributed by atoms with Gasteiger partial charge in [-0.2, -0.15) is 8.42 Å². The molecule has 0 bridgehead atoms. The molecular formula is C14H19CsO7S. The van der Waals surface area contributed by atoms with Crippen molar-refractivity contribution in [3.05, 3.63) is 29.3 Å². The van der Waals surface area contributed by atoms with Crippen LogP contribution in [0.1, 0.15) is 53.8 Å². The number of esters is 1. The van der Waals surface area contributed by atoms with Crippen LogP contribution in [0.3, 0.4) is 0 Å². The van der Waals surface area contributed by atoms with E-state index >= 15 is 0 Å². The number of aromatic carboxylic acids is 1. The summed E-state index contributed by atoms with van der Waals surface area (Å²) in [7, 11) is -4.75. The predicted octanol–water partition coefficient (Wildman–Crippen LogP) is 1.72. The molecule has 0 saturated carbocycles. The Morgan fingerprint density at radius 1 is 1.26 bits per heavy atom. The molecule has 1 unspecified atom stereocenters. The van der Waals surface area contributed by atoms with Gasteiger partial charge in [-0.1, -0.05) is 20.3 Å². The van der Waals surface area contributed by atoms with Gasteiger partial charge in [0, 0.05) is 0 Å². The summed E-state index contributed by atoms with van der Waals surface area (Å²) in [5.41, 5.74) is -0.744. The third kappa shape index (κ3) is 6.86. The summed E-state index contributed by atoms with van der Waals surface area (Å²) in [6, 6.07) is 2.83. The maximum absolute atomic E-state index is 12.1. The minimum absolute atomic E-state index is 0. The molecule has 1 rings (SSSR count). The molecule has 0 saturated heterocycles. The molecule has 124 valence electrons. The molecule has 0 aromatic heterocycles. The first-order valence-electron chi connectivity index (χ1n) is 6.76. The van der Waals surface area contributed by atoms with Crippen LogP contribution in [0.25, 0.3) is 0 Å². The minimum atomic E-state index is -4.75. The Morgan fingerprint density at radius 2 is 1.87 bits per heavy atom. The van der Waals surface area contributed by atoms with Crippen molar-refractivity contribution in [1.29, 1.82) is 0 Å². The Balaban J connectivity index is 0.00000484. The molecule has 0 aliphatic rings. The molecule has 0 aliphatic carbocycles. The van der Waals surface area contributed by atoms with Crippen LogP contribution in [0.4, 0.5) is 0 Å². The van der Waals surface area contributed by atoms with Crippen molar-refractivity contribution in [3.8, 4) is 0 Å². The molecule has 0 spiro atoms. The fourth-order valence-electron chi connectivity index (χ4n) is 1.92. The number of carboxylic acid groups (broad SMARTS) is 1. The summed E-state index contributed by atoms with van der Waals surface area (Å²) in [6.45, 7) is 3.74. The van der Waals surface area contributed by atoms with E-state index in [1.165, 1.54) is 0 Å². The van der Waals surface area contributed by atoms with Gasteiger partial charge in [0.15, 0.2) is 0 Å². The molecule has 1 aromatic rings. The second kappa shape index (κ2) is 10.2.